The van der Waals surface area contributed by atoms with Crippen LogP contribution in [0.3, 0.4) is 0 Å². The summed E-state index contributed by atoms with van der Waals surface area (Å²) in [5, 5.41) is 3.89. The summed E-state index contributed by atoms with van der Waals surface area (Å²) in [7, 11) is 0. The molecule has 0 aromatic carbocycles. The Kier molecular flexibility index (Phi) is 4.87. The van der Waals surface area contributed by atoms with E-state index >= 15 is 0 Å². The van der Waals surface area contributed by atoms with E-state index in [1.165, 1.54) is 51.6 Å². The average molecular weight is 238 g/mol. The highest BCUT2D eigenvalue weighted by molar-refractivity contribution is 4.84. The van der Waals surface area contributed by atoms with Crippen molar-refractivity contribution in [1.82, 2.24) is 10.2 Å². The van der Waals surface area contributed by atoms with Crippen molar-refractivity contribution >= 4 is 0 Å². The van der Waals surface area contributed by atoms with Gasteiger partial charge in [0.05, 0.1) is 0 Å². The minimum Gasteiger partial charge on any atom is -0.311 e. The third kappa shape index (κ3) is 3.69. The van der Waals surface area contributed by atoms with Crippen LogP contribution in [0, 0.1) is 5.92 Å². The molecule has 1 aliphatic heterocycles. The molecule has 0 aromatic rings. The zero-order valence-corrected chi connectivity index (χ0v) is 11.9. The van der Waals surface area contributed by atoms with Crippen LogP contribution in [0.2, 0.25) is 0 Å². The molecule has 1 atom stereocenters. The van der Waals surface area contributed by atoms with Crippen molar-refractivity contribution in [2.24, 2.45) is 5.92 Å². The molecule has 0 bridgehead atoms. The number of rotatable bonds is 4. The van der Waals surface area contributed by atoms with Crippen molar-refractivity contribution in [3.8, 4) is 0 Å². The largest absolute Gasteiger partial charge is 0.311 e. The first-order valence-corrected chi connectivity index (χ1v) is 7.67. The van der Waals surface area contributed by atoms with Gasteiger partial charge in [0.25, 0.3) is 0 Å². The molecule has 2 nitrogen and oxygen atoms in total. The van der Waals surface area contributed by atoms with Crippen molar-refractivity contribution < 1.29 is 0 Å². The highest BCUT2D eigenvalue weighted by Crippen LogP contribution is 2.28. The SMILES string of the molecule is CC(C)N1CCC(N[C@H](C)C2CCCC2)CC1. The van der Waals surface area contributed by atoms with E-state index in [1.807, 2.05) is 0 Å². The molecule has 0 radical (unpaired) electrons. The smallest absolute Gasteiger partial charge is 0.00940 e. The fraction of sp³-hybridized carbons (Fsp3) is 1.00. The van der Waals surface area contributed by atoms with Gasteiger partial charge in [-0.05, 0) is 65.5 Å². The summed E-state index contributed by atoms with van der Waals surface area (Å²) in [5.74, 6) is 0.957. The standard InChI is InChI=1S/C15H30N2/c1-12(2)17-10-8-15(9-11-17)16-13(3)14-6-4-5-7-14/h12-16H,4-11H2,1-3H3/t13-/m1/s1. The molecule has 0 spiro atoms. The van der Waals surface area contributed by atoms with Gasteiger partial charge in [-0.2, -0.15) is 0 Å². The van der Waals surface area contributed by atoms with Crippen molar-refractivity contribution in [2.45, 2.75) is 77.4 Å². The molecule has 2 fully saturated rings. The van der Waals surface area contributed by atoms with Crippen LogP contribution in [0.25, 0.3) is 0 Å². The predicted octanol–water partition coefficient (Wildman–Crippen LogP) is 3.03. The second kappa shape index (κ2) is 6.19. The molecule has 2 aliphatic rings. The zero-order chi connectivity index (χ0) is 12.3. The maximum absolute atomic E-state index is 3.89. The summed E-state index contributed by atoms with van der Waals surface area (Å²) in [6, 6.07) is 2.25. The molecule has 1 aliphatic carbocycles. The van der Waals surface area contributed by atoms with Gasteiger partial charge in [0, 0.05) is 18.1 Å². The van der Waals surface area contributed by atoms with Gasteiger partial charge >= 0.3 is 0 Å². The van der Waals surface area contributed by atoms with Gasteiger partial charge in [0.15, 0.2) is 0 Å². The first-order valence-electron chi connectivity index (χ1n) is 7.67. The maximum Gasteiger partial charge on any atom is 0.00940 e. The number of nitrogens with one attached hydrogen (secondary N) is 1. The van der Waals surface area contributed by atoms with Crippen LogP contribution >= 0.6 is 0 Å². The molecule has 0 amide bonds. The average Bonchev–Trinajstić information content (AvgIpc) is 2.83. The molecule has 1 heterocycles. The molecule has 0 aromatic heterocycles. The third-order valence-corrected chi connectivity index (χ3v) is 4.87. The second-order valence-corrected chi connectivity index (χ2v) is 6.40. The lowest BCUT2D eigenvalue weighted by Crippen LogP contribution is -2.48. The molecule has 1 saturated carbocycles. The molecular weight excluding hydrogens is 208 g/mol. The van der Waals surface area contributed by atoms with E-state index in [0.29, 0.717) is 0 Å². The highest BCUT2D eigenvalue weighted by atomic mass is 15.2. The summed E-state index contributed by atoms with van der Waals surface area (Å²) >= 11 is 0. The number of hydrogen-bond donors (Lipinski definition) is 1. The fourth-order valence-corrected chi connectivity index (χ4v) is 3.55. The molecule has 100 valence electrons. The number of nitrogens with zero attached hydrogens (tertiary/aromatic N) is 1. The Morgan fingerprint density at radius 3 is 2.06 bits per heavy atom. The Balaban J connectivity index is 1.70. The zero-order valence-electron chi connectivity index (χ0n) is 11.9. The summed E-state index contributed by atoms with van der Waals surface area (Å²) < 4.78 is 0. The lowest BCUT2D eigenvalue weighted by atomic mass is 9.96. The topological polar surface area (TPSA) is 15.3 Å². The van der Waals surface area contributed by atoms with E-state index in [1.54, 1.807) is 0 Å². The summed E-state index contributed by atoms with van der Waals surface area (Å²) in [5.41, 5.74) is 0. The number of piperidine rings is 1. The van der Waals surface area contributed by atoms with E-state index in [4.69, 9.17) is 0 Å². The van der Waals surface area contributed by atoms with Crippen molar-refractivity contribution in [3.05, 3.63) is 0 Å². The summed E-state index contributed by atoms with van der Waals surface area (Å²) in [4.78, 5) is 2.61. The van der Waals surface area contributed by atoms with Gasteiger partial charge in [-0.25, -0.2) is 0 Å². The van der Waals surface area contributed by atoms with E-state index in [9.17, 15) is 0 Å². The lowest BCUT2D eigenvalue weighted by molar-refractivity contribution is 0.152. The Morgan fingerprint density at radius 2 is 1.53 bits per heavy atom. The van der Waals surface area contributed by atoms with Crippen LogP contribution in [-0.4, -0.2) is 36.1 Å². The third-order valence-electron chi connectivity index (χ3n) is 4.87. The minimum absolute atomic E-state index is 0.725. The second-order valence-electron chi connectivity index (χ2n) is 6.40. The van der Waals surface area contributed by atoms with E-state index in [2.05, 4.69) is 31.0 Å². The van der Waals surface area contributed by atoms with Crippen molar-refractivity contribution in [1.29, 1.82) is 0 Å². The molecular formula is C15H30N2. The fourth-order valence-electron chi connectivity index (χ4n) is 3.55. The van der Waals surface area contributed by atoms with Gasteiger partial charge < -0.3 is 10.2 Å². The first-order chi connectivity index (χ1) is 8.16. The van der Waals surface area contributed by atoms with Crippen molar-refractivity contribution in [3.63, 3.8) is 0 Å². The lowest BCUT2D eigenvalue weighted by Gasteiger charge is -2.37. The van der Waals surface area contributed by atoms with Crippen LogP contribution in [0.5, 0.6) is 0 Å². The van der Waals surface area contributed by atoms with Crippen LogP contribution in [-0.2, 0) is 0 Å². The van der Waals surface area contributed by atoms with Gasteiger partial charge in [-0.1, -0.05) is 12.8 Å². The van der Waals surface area contributed by atoms with Crippen LogP contribution in [0.15, 0.2) is 0 Å². The van der Waals surface area contributed by atoms with Crippen LogP contribution in [0.4, 0.5) is 0 Å². The number of likely N-dealkylation sites (tertiary alicyclic amines) is 1. The van der Waals surface area contributed by atoms with Crippen molar-refractivity contribution in [2.75, 3.05) is 13.1 Å². The molecule has 0 unspecified atom stereocenters. The Labute approximate surface area is 107 Å². The summed E-state index contributed by atoms with van der Waals surface area (Å²) in [6.07, 6.45) is 8.52. The van der Waals surface area contributed by atoms with Crippen LogP contribution < -0.4 is 5.32 Å². The predicted molar refractivity (Wildman–Crippen MR) is 74.3 cm³/mol. The highest BCUT2D eigenvalue weighted by Gasteiger charge is 2.26. The Bertz CT molecular complexity index is 213. The normalized spacial score (nSPS) is 26.8. The Morgan fingerprint density at radius 1 is 0.941 bits per heavy atom. The van der Waals surface area contributed by atoms with Gasteiger partial charge in [0.1, 0.15) is 0 Å². The maximum atomic E-state index is 3.89. The number of hydrogen-bond acceptors (Lipinski definition) is 2. The molecule has 2 rings (SSSR count). The van der Waals surface area contributed by atoms with Gasteiger partial charge in [-0.15, -0.1) is 0 Å². The summed E-state index contributed by atoms with van der Waals surface area (Å²) in [6.45, 7) is 9.61. The first kappa shape index (κ1) is 13.4. The van der Waals surface area contributed by atoms with E-state index in [-0.39, 0.29) is 0 Å². The van der Waals surface area contributed by atoms with Gasteiger partial charge in [-0.3, -0.25) is 0 Å². The monoisotopic (exact) mass is 238 g/mol. The molecule has 17 heavy (non-hydrogen) atoms. The molecule has 1 saturated heterocycles. The molecule has 1 N–H and O–H groups in total. The van der Waals surface area contributed by atoms with E-state index < -0.39 is 0 Å². The Hall–Kier alpha value is -0.0800. The quantitative estimate of drug-likeness (QED) is 0.810. The van der Waals surface area contributed by atoms with Crippen LogP contribution in [0.1, 0.15) is 59.3 Å². The van der Waals surface area contributed by atoms with E-state index in [0.717, 1.165) is 24.0 Å². The molecule has 2 heteroatoms. The van der Waals surface area contributed by atoms with Gasteiger partial charge in [0.2, 0.25) is 0 Å². The minimum atomic E-state index is 0.725.